The van der Waals surface area contributed by atoms with Crippen molar-refractivity contribution in [1.82, 2.24) is 14.9 Å². The number of aromatic nitrogens is 2. The van der Waals surface area contributed by atoms with Gasteiger partial charge in [-0.05, 0) is 69.3 Å². The zero-order valence-corrected chi connectivity index (χ0v) is 22.0. The molecule has 37 heavy (non-hydrogen) atoms. The maximum Gasteiger partial charge on any atom is 0.343 e. The highest BCUT2D eigenvalue weighted by Crippen LogP contribution is 2.46. The maximum absolute atomic E-state index is 15.0. The Morgan fingerprint density at radius 3 is 2.73 bits per heavy atom. The molecule has 1 N–H and O–H groups in total. The first-order chi connectivity index (χ1) is 17.7. The lowest BCUT2D eigenvalue weighted by molar-refractivity contribution is -0.187. The molecule has 8 heteroatoms. The summed E-state index contributed by atoms with van der Waals surface area (Å²) >= 11 is 0. The predicted octanol–water partition coefficient (Wildman–Crippen LogP) is 4.56. The van der Waals surface area contributed by atoms with E-state index in [-0.39, 0.29) is 30.1 Å². The van der Waals surface area contributed by atoms with Gasteiger partial charge in [-0.15, -0.1) is 0 Å². The van der Waals surface area contributed by atoms with Crippen LogP contribution in [0.25, 0.3) is 22.3 Å². The van der Waals surface area contributed by atoms with Crippen LogP contribution in [-0.2, 0) is 39.4 Å². The van der Waals surface area contributed by atoms with Crippen LogP contribution in [0, 0.1) is 12.7 Å². The zero-order valence-electron chi connectivity index (χ0n) is 22.0. The topological polar surface area (TPSA) is 82.5 Å². The number of benzene rings is 1. The van der Waals surface area contributed by atoms with Gasteiger partial charge in [-0.1, -0.05) is 13.8 Å². The van der Waals surface area contributed by atoms with Crippen molar-refractivity contribution in [1.29, 1.82) is 0 Å². The minimum Gasteiger partial charge on any atom is -0.458 e. The second-order valence-electron chi connectivity index (χ2n) is 10.6. The summed E-state index contributed by atoms with van der Waals surface area (Å²) in [5, 5.41) is 4.61. The molecule has 1 aliphatic carbocycles. The predicted molar refractivity (Wildman–Crippen MR) is 138 cm³/mol. The first kappa shape index (κ1) is 24.2. The van der Waals surface area contributed by atoms with Gasteiger partial charge in [0.2, 0.25) is 0 Å². The van der Waals surface area contributed by atoms with Crippen molar-refractivity contribution in [3.8, 4) is 11.4 Å². The number of aryl methyl sites for hydroxylation is 1. The number of cyclic esters (lactones) is 1. The van der Waals surface area contributed by atoms with Gasteiger partial charge in [-0.3, -0.25) is 4.79 Å². The zero-order chi connectivity index (χ0) is 26.2. The molecule has 0 fully saturated rings. The Hall–Kier alpha value is -3.10. The molecule has 6 rings (SSSR count). The molecule has 0 radical (unpaired) electrons. The molecule has 0 bridgehead atoms. The largest absolute Gasteiger partial charge is 0.458 e. The Morgan fingerprint density at radius 1 is 1.24 bits per heavy atom. The van der Waals surface area contributed by atoms with Gasteiger partial charge in [0.1, 0.15) is 12.4 Å². The quantitative estimate of drug-likeness (QED) is 0.401. The van der Waals surface area contributed by atoms with Gasteiger partial charge in [0.25, 0.3) is 5.56 Å². The smallest absolute Gasteiger partial charge is 0.343 e. The molecule has 1 aromatic carbocycles. The molecule has 2 unspecified atom stereocenters. The second-order valence-corrected chi connectivity index (χ2v) is 10.6. The number of hydrogen-bond donors (Lipinski definition) is 1. The van der Waals surface area contributed by atoms with E-state index in [2.05, 4.69) is 12.2 Å². The summed E-state index contributed by atoms with van der Waals surface area (Å²) in [6, 6.07) is 3.49. The van der Waals surface area contributed by atoms with Crippen LogP contribution in [-0.4, -0.2) is 28.2 Å². The van der Waals surface area contributed by atoms with Crippen LogP contribution in [0.15, 0.2) is 16.9 Å². The third kappa shape index (κ3) is 3.28. The van der Waals surface area contributed by atoms with Gasteiger partial charge in [-0.25, -0.2) is 14.2 Å². The van der Waals surface area contributed by atoms with E-state index in [1.165, 1.54) is 6.07 Å². The summed E-state index contributed by atoms with van der Waals surface area (Å²) in [5.41, 5.74) is 5.15. The van der Waals surface area contributed by atoms with Crippen LogP contribution >= 0.6 is 0 Å². The normalized spacial score (nSPS) is 21.7. The molecule has 0 saturated heterocycles. The molecule has 2 aromatic heterocycles. The summed E-state index contributed by atoms with van der Waals surface area (Å²) in [7, 11) is 0. The first-order valence-electron chi connectivity index (χ1n) is 13.2. The van der Waals surface area contributed by atoms with Crippen molar-refractivity contribution in [3.05, 3.63) is 61.7 Å². The number of fused-ring (bicyclic) bond motifs is 5. The molecule has 7 nitrogen and oxygen atoms in total. The molecular formula is C29H32FN3O4. The Labute approximate surface area is 215 Å². The summed E-state index contributed by atoms with van der Waals surface area (Å²) < 4.78 is 28.4. The second kappa shape index (κ2) is 8.46. The number of rotatable bonds is 5. The molecule has 3 aromatic rings. The van der Waals surface area contributed by atoms with E-state index in [1.807, 2.05) is 33.8 Å². The lowest BCUT2D eigenvalue weighted by Crippen LogP contribution is -2.47. The van der Waals surface area contributed by atoms with Crippen LogP contribution in [0.2, 0.25) is 0 Å². The van der Waals surface area contributed by atoms with E-state index < -0.39 is 11.6 Å². The molecular weight excluding hydrogens is 473 g/mol. The number of nitrogens with one attached hydrogen (secondary N) is 1. The molecule has 0 spiro atoms. The molecule has 4 heterocycles. The number of pyridine rings is 2. The monoisotopic (exact) mass is 505 g/mol. The van der Waals surface area contributed by atoms with Crippen molar-refractivity contribution in [3.63, 3.8) is 0 Å². The minimum absolute atomic E-state index is 0.0797. The van der Waals surface area contributed by atoms with Gasteiger partial charge in [0.15, 0.2) is 5.60 Å². The van der Waals surface area contributed by atoms with E-state index in [0.717, 1.165) is 41.5 Å². The molecule has 0 saturated carbocycles. The third-order valence-corrected chi connectivity index (χ3v) is 8.23. The Morgan fingerprint density at radius 2 is 2.03 bits per heavy atom. The highest BCUT2D eigenvalue weighted by atomic mass is 19.1. The minimum atomic E-state index is -1.35. The fourth-order valence-electron chi connectivity index (χ4n) is 6.59. The van der Waals surface area contributed by atoms with Gasteiger partial charge in [0.05, 0.1) is 35.1 Å². The summed E-state index contributed by atoms with van der Waals surface area (Å²) in [6.07, 6.45) is 1.71. The molecule has 3 aliphatic rings. The number of halogens is 1. The summed E-state index contributed by atoms with van der Waals surface area (Å²) in [5.74, 6) is -0.739. The summed E-state index contributed by atoms with van der Waals surface area (Å²) in [6.45, 7) is 10.6. The van der Waals surface area contributed by atoms with Gasteiger partial charge in [0, 0.05) is 28.6 Å². The lowest BCUT2D eigenvalue weighted by Gasteiger charge is -2.37. The number of ether oxygens (including phenoxy) is 2. The van der Waals surface area contributed by atoms with Crippen molar-refractivity contribution in [2.45, 2.75) is 84.8 Å². The van der Waals surface area contributed by atoms with Crippen molar-refractivity contribution >= 4 is 16.9 Å². The lowest BCUT2D eigenvalue weighted by atomic mass is 9.81. The van der Waals surface area contributed by atoms with Crippen LogP contribution in [0.5, 0.6) is 0 Å². The highest BCUT2D eigenvalue weighted by molar-refractivity contribution is 5.93. The van der Waals surface area contributed by atoms with Crippen LogP contribution in [0.4, 0.5) is 4.39 Å². The maximum atomic E-state index is 15.0. The SMILES string of the molecule is CCNC1CCc2c(C)c(F)cc3nc4c(c1c23)Cn1c-4cc2c(c1=O)COC(=O)C2(CC)OC(C)C. The first-order valence-corrected chi connectivity index (χ1v) is 13.2. The number of carbonyl (C=O) groups excluding carboxylic acids is 1. The molecule has 2 aliphatic heterocycles. The average Bonchev–Trinajstić information content (AvgIpc) is 3.23. The van der Waals surface area contributed by atoms with Gasteiger partial charge >= 0.3 is 5.97 Å². The number of nitrogens with zero attached hydrogens (tertiary/aromatic N) is 2. The number of esters is 1. The van der Waals surface area contributed by atoms with E-state index in [1.54, 1.807) is 4.57 Å². The molecule has 0 amide bonds. The fourth-order valence-corrected chi connectivity index (χ4v) is 6.59. The van der Waals surface area contributed by atoms with Crippen molar-refractivity contribution in [2.24, 2.45) is 0 Å². The Bertz CT molecular complexity index is 1540. The van der Waals surface area contributed by atoms with Crippen LogP contribution < -0.4 is 10.9 Å². The standard InChI is InChI=1S/C29H32FN3O4/c1-6-29(37-14(3)4)19-10-23-26-17(12-33(23)27(34)18(19)13-36-28(29)35)25-21(31-7-2)9-8-16-15(5)20(30)11-22(32-26)24(16)25/h10-11,14,21,31H,6-9,12-13H2,1-5H3. The number of carbonyl (C=O) groups is 1. The fraction of sp³-hybridized carbons (Fsp3) is 0.483. The molecule has 2 atom stereocenters. The van der Waals surface area contributed by atoms with Gasteiger partial charge in [-0.2, -0.15) is 0 Å². The number of hydrogen-bond acceptors (Lipinski definition) is 6. The van der Waals surface area contributed by atoms with Crippen LogP contribution in [0.3, 0.4) is 0 Å². The summed E-state index contributed by atoms with van der Waals surface area (Å²) in [4.78, 5) is 31.9. The van der Waals surface area contributed by atoms with E-state index in [9.17, 15) is 14.0 Å². The van der Waals surface area contributed by atoms with Crippen molar-refractivity contribution in [2.75, 3.05) is 6.54 Å². The third-order valence-electron chi connectivity index (χ3n) is 8.23. The van der Waals surface area contributed by atoms with Crippen molar-refractivity contribution < 1.29 is 18.7 Å². The Kier molecular flexibility index (Phi) is 5.55. The molecule has 194 valence electrons. The Balaban J connectivity index is 1.66. The van der Waals surface area contributed by atoms with E-state index in [4.69, 9.17) is 14.5 Å². The highest BCUT2D eigenvalue weighted by Gasteiger charge is 2.49. The average molecular weight is 506 g/mol. The van der Waals surface area contributed by atoms with E-state index >= 15 is 0 Å². The van der Waals surface area contributed by atoms with E-state index in [0.29, 0.717) is 46.6 Å². The van der Waals surface area contributed by atoms with Crippen LogP contribution in [0.1, 0.15) is 80.0 Å². The van der Waals surface area contributed by atoms with Gasteiger partial charge < -0.3 is 19.4 Å².